The molecule has 1 atom stereocenters. The zero-order chi connectivity index (χ0) is 18.8. The van der Waals surface area contributed by atoms with E-state index in [4.69, 9.17) is 4.74 Å². The van der Waals surface area contributed by atoms with Crippen LogP contribution in [0.4, 0.5) is 13.2 Å². The van der Waals surface area contributed by atoms with Gasteiger partial charge in [-0.15, -0.1) is 0 Å². The molecule has 1 aromatic rings. The highest BCUT2D eigenvalue weighted by atomic mass is 19.4. The Bertz CT molecular complexity index is 656. The summed E-state index contributed by atoms with van der Waals surface area (Å²) < 4.78 is 45.1. The SMILES string of the molecule is COc1ccc(CC(=O)N2N=C(CC(C)C)CC2(O)C(F)(F)F)cc1. The Labute approximate surface area is 144 Å². The number of alkyl halides is 3. The average molecular weight is 358 g/mol. The second kappa shape index (κ2) is 7.03. The molecule has 0 saturated carbocycles. The van der Waals surface area contributed by atoms with Gasteiger partial charge in [-0.05, 0) is 30.0 Å². The quantitative estimate of drug-likeness (QED) is 0.880. The normalized spacial score (nSPS) is 20.8. The van der Waals surface area contributed by atoms with Crippen molar-refractivity contribution in [3.63, 3.8) is 0 Å². The number of hydrazone groups is 1. The minimum Gasteiger partial charge on any atom is -0.497 e. The van der Waals surface area contributed by atoms with E-state index in [9.17, 15) is 23.1 Å². The lowest BCUT2D eigenvalue weighted by Gasteiger charge is -2.32. The Kier molecular flexibility index (Phi) is 5.41. The molecule has 25 heavy (non-hydrogen) atoms. The van der Waals surface area contributed by atoms with E-state index in [0.29, 0.717) is 11.3 Å². The first-order valence-electron chi connectivity index (χ1n) is 7.88. The Balaban J connectivity index is 2.24. The molecule has 1 heterocycles. The Morgan fingerprint density at radius 2 is 1.96 bits per heavy atom. The number of hydrogen-bond donors (Lipinski definition) is 1. The number of amides is 1. The molecule has 1 N–H and O–H groups in total. The topological polar surface area (TPSA) is 62.1 Å². The molecule has 0 aromatic heterocycles. The molecule has 0 spiro atoms. The lowest BCUT2D eigenvalue weighted by atomic mass is 9.99. The zero-order valence-electron chi connectivity index (χ0n) is 14.3. The van der Waals surface area contributed by atoms with Crippen LogP contribution in [0, 0.1) is 5.92 Å². The van der Waals surface area contributed by atoms with Crippen LogP contribution in [-0.2, 0) is 11.2 Å². The Morgan fingerprint density at radius 3 is 2.44 bits per heavy atom. The highest BCUT2D eigenvalue weighted by molar-refractivity contribution is 5.91. The minimum atomic E-state index is -5.00. The van der Waals surface area contributed by atoms with Crippen LogP contribution in [0.1, 0.15) is 32.3 Å². The van der Waals surface area contributed by atoms with Gasteiger partial charge in [-0.25, -0.2) is 0 Å². The molecule has 1 aliphatic rings. The summed E-state index contributed by atoms with van der Waals surface area (Å²) in [7, 11) is 1.48. The Morgan fingerprint density at radius 1 is 1.36 bits per heavy atom. The van der Waals surface area contributed by atoms with Crippen molar-refractivity contribution in [2.24, 2.45) is 11.0 Å². The van der Waals surface area contributed by atoms with E-state index in [1.165, 1.54) is 7.11 Å². The maximum atomic E-state index is 13.4. The summed E-state index contributed by atoms with van der Waals surface area (Å²) in [5, 5.41) is 14.1. The third-order valence-corrected chi connectivity index (χ3v) is 3.89. The van der Waals surface area contributed by atoms with Gasteiger partial charge in [-0.1, -0.05) is 26.0 Å². The van der Waals surface area contributed by atoms with Gasteiger partial charge < -0.3 is 9.84 Å². The number of halogens is 3. The van der Waals surface area contributed by atoms with Gasteiger partial charge >= 0.3 is 6.18 Å². The van der Waals surface area contributed by atoms with Gasteiger partial charge in [-0.2, -0.15) is 23.3 Å². The fourth-order valence-corrected chi connectivity index (χ4v) is 2.68. The number of benzene rings is 1. The van der Waals surface area contributed by atoms with Crippen molar-refractivity contribution in [1.82, 2.24) is 5.01 Å². The molecular formula is C17H21F3N2O3. The molecule has 1 amide bonds. The van der Waals surface area contributed by atoms with Gasteiger partial charge in [0.1, 0.15) is 5.75 Å². The van der Waals surface area contributed by atoms with Crippen molar-refractivity contribution >= 4 is 11.6 Å². The average Bonchev–Trinajstić information content (AvgIpc) is 2.85. The molecule has 0 aliphatic carbocycles. The first kappa shape index (κ1) is 19.2. The molecule has 8 heteroatoms. The van der Waals surface area contributed by atoms with Crippen LogP contribution >= 0.6 is 0 Å². The molecule has 0 radical (unpaired) electrons. The summed E-state index contributed by atoms with van der Waals surface area (Å²) >= 11 is 0. The van der Waals surface area contributed by atoms with Gasteiger partial charge in [0.15, 0.2) is 0 Å². The third-order valence-electron chi connectivity index (χ3n) is 3.89. The summed E-state index contributed by atoms with van der Waals surface area (Å²) in [6.07, 6.45) is -5.74. The van der Waals surface area contributed by atoms with Crippen molar-refractivity contribution in [3.05, 3.63) is 29.8 Å². The lowest BCUT2D eigenvalue weighted by molar-refractivity contribution is -0.302. The molecule has 138 valence electrons. The molecule has 1 aliphatic heterocycles. The van der Waals surface area contributed by atoms with Gasteiger partial charge in [0, 0.05) is 12.1 Å². The summed E-state index contributed by atoms with van der Waals surface area (Å²) in [6.45, 7) is 3.66. The fraction of sp³-hybridized carbons (Fsp3) is 0.529. The molecule has 1 unspecified atom stereocenters. The predicted octanol–water partition coefficient (Wildman–Crippen LogP) is 3.12. The molecule has 1 aromatic carbocycles. The summed E-state index contributed by atoms with van der Waals surface area (Å²) in [5.41, 5.74) is -2.62. The van der Waals surface area contributed by atoms with Crippen LogP contribution in [0.15, 0.2) is 29.4 Å². The monoisotopic (exact) mass is 358 g/mol. The van der Waals surface area contributed by atoms with Crippen LogP contribution in [-0.4, -0.2) is 40.7 Å². The number of nitrogens with zero attached hydrogens (tertiary/aromatic N) is 2. The zero-order valence-corrected chi connectivity index (χ0v) is 14.3. The van der Waals surface area contributed by atoms with Gasteiger partial charge in [0.05, 0.1) is 13.5 Å². The summed E-state index contributed by atoms with van der Waals surface area (Å²) in [6, 6.07) is 6.38. The number of methoxy groups -OCH3 is 1. The van der Waals surface area contributed by atoms with Gasteiger partial charge in [0.2, 0.25) is 5.91 Å². The lowest BCUT2D eigenvalue weighted by Crippen LogP contribution is -2.57. The number of aliphatic hydroxyl groups is 1. The van der Waals surface area contributed by atoms with Crippen LogP contribution in [0.5, 0.6) is 5.75 Å². The Hall–Kier alpha value is -2.09. The van der Waals surface area contributed by atoms with Crippen molar-refractivity contribution in [3.8, 4) is 5.75 Å². The number of carbonyl (C=O) groups is 1. The molecule has 0 saturated heterocycles. The third kappa shape index (κ3) is 4.12. The van der Waals surface area contributed by atoms with Gasteiger partial charge in [-0.3, -0.25) is 4.79 Å². The van der Waals surface area contributed by atoms with Crippen molar-refractivity contribution in [2.45, 2.75) is 45.0 Å². The fourth-order valence-electron chi connectivity index (χ4n) is 2.68. The number of hydrogen-bond acceptors (Lipinski definition) is 4. The molecule has 0 fully saturated rings. The van der Waals surface area contributed by atoms with Crippen LogP contribution in [0.2, 0.25) is 0 Å². The predicted molar refractivity (Wildman–Crippen MR) is 86.1 cm³/mol. The smallest absolute Gasteiger partial charge is 0.438 e. The molecule has 2 rings (SSSR count). The summed E-state index contributed by atoms with van der Waals surface area (Å²) in [5.74, 6) is -0.280. The maximum absolute atomic E-state index is 13.4. The van der Waals surface area contributed by atoms with E-state index in [2.05, 4.69) is 5.10 Å². The van der Waals surface area contributed by atoms with E-state index in [1.54, 1.807) is 24.3 Å². The molecular weight excluding hydrogens is 337 g/mol. The van der Waals surface area contributed by atoms with E-state index in [-0.39, 0.29) is 29.5 Å². The number of carbonyl (C=O) groups excluding carboxylic acids is 1. The van der Waals surface area contributed by atoms with E-state index in [1.807, 2.05) is 13.8 Å². The van der Waals surface area contributed by atoms with Crippen LogP contribution in [0.3, 0.4) is 0 Å². The largest absolute Gasteiger partial charge is 0.497 e. The molecule has 5 nitrogen and oxygen atoms in total. The first-order chi connectivity index (χ1) is 11.6. The van der Waals surface area contributed by atoms with E-state index >= 15 is 0 Å². The molecule has 0 bridgehead atoms. The highest BCUT2D eigenvalue weighted by Crippen LogP contribution is 2.41. The number of rotatable bonds is 5. The standard InChI is InChI=1S/C17H21F3N2O3/c1-11(2)8-13-10-16(24,17(18,19)20)22(21-13)15(23)9-12-4-6-14(25-3)7-5-12/h4-7,11,24H,8-10H2,1-3H3. The maximum Gasteiger partial charge on any atom is 0.438 e. The van der Waals surface area contributed by atoms with Crippen molar-refractivity contribution in [1.29, 1.82) is 0 Å². The number of ether oxygens (including phenoxy) is 1. The van der Waals surface area contributed by atoms with Crippen LogP contribution in [0.25, 0.3) is 0 Å². The van der Waals surface area contributed by atoms with Crippen LogP contribution < -0.4 is 4.74 Å². The minimum absolute atomic E-state index is 0.0628. The summed E-state index contributed by atoms with van der Waals surface area (Å²) in [4.78, 5) is 12.4. The van der Waals surface area contributed by atoms with Gasteiger partial charge in [0.25, 0.3) is 5.72 Å². The second-order valence-electron chi connectivity index (χ2n) is 6.49. The first-order valence-corrected chi connectivity index (χ1v) is 7.88. The van der Waals surface area contributed by atoms with Crippen molar-refractivity contribution < 1.29 is 27.8 Å². The van der Waals surface area contributed by atoms with E-state index < -0.39 is 24.2 Å². The highest BCUT2D eigenvalue weighted by Gasteiger charge is 2.62. The van der Waals surface area contributed by atoms with Crippen molar-refractivity contribution in [2.75, 3.05) is 7.11 Å². The van der Waals surface area contributed by atoms with E-state index in [0.717, 1.165) is 0 Å². The second-order valence-corrected chi connectivity index (χ2v) is 6.49.